The van der Waals surface area contributed by atoms with Crippen molar-refractivity contribution in [1.82, 2.24) is 19.7 Å². The molecule has 5 aromatic rings. The lowest BCUT2D eigenvalue weighted by atomic mass is 9.97. The van der Waals surface area contributed by atoms with Crippen molar-refractivity contribution >= 4 is 27.6 Å². The van der Waals surface area contributed by atoms with Gasteiger partial charge in [-0.1, -0.05) is 33.4 Å². The second kappa shape index (κ2) is 16.0. The van der Waals surface area contributed by atoms with Crippen LogP contribution in [-0.2, 0) is 31.4 Å². The van der Waals surface area contributed by atoms with Crippen LogP contribution in [0.5, 0.6) is 5.75 Å². The third kappa shape index (κ3) is 7.49. The van der Waals surface area contributed by atoms with Gasteiger partial charge < -0.3 is 24.5 Å². The van der Waals surface area contributed by atoms with E-state index < -0.39 is 11.8 Å². The number of hydrogen-bond donors (Lipinski definition) is 2. The van der Waals surface area contributed by atoms with Gasteiger partial charge in [0, 0.05) is 47.8 Å². The van der Waals surface area contributed by atoms with Gasteiger partial charge >= 0.3 is 5.97 Å². The summed E-state index contributed by atoms with van der Waals surface area (Å²) in [5.41, 5.74) is 3.84. The number of carboxylic acid groups (broad SMARTS) is 1. The first-order valence-corrected chi connectivity index (χ1v) is 16.0. The Morgan fingerprint density at radius 2 is 1.83 bits per heavy atom. The van der Waals surface area contributed by atoms with Crippen LogP contribution in [0.2, 0.25) is 0 Å². The van der Waals surface area contributed by atoms with E-state index in [9.17, 15) is 14.3 Å². The van der Waals surface area contributed by atoms with Crippen molar-refractivity contribution in [3.63, 3.8) is 0 Å². The van der Waals surface area contributed by atoms with E-state index in [2.05, 4.69) is 24.3 Å². The van der Waals surface area contributed by atoms with E-state index in [1.165, 1.54) is 18.2 Å². The molecule has 10 heteroatoms. The van der Waals surface area contributed by atoms with Crippen molar-refractivity contribution in [2.24, 2.45) is 7.05 Å². The number of rotatable bonds is 8. The lowest BCUT2D eigenvalue weighted by Crippen LogP contribution is -2.12. The van der Waals surface area contributed by atoms with Gasteiger partial charge in [0.2, 0.25) is 0 Å². The average molecular weight is 649 g/mol. The molecule has 1 aliphatic heterocycles. The number of nitrogens with zero attached hydrogens (tertiary/aromatic N) is 3. The van der Waals surface area contributed by atoms with E-state index in [4.69, 9.17) is 9.47 Å². The third-order valence-corrected chi connectivity index (χ3v) is 8.43. The zero-order valence-electron chi connectivity index (χ0n) is 27.0. The van der Waals surface area contributed by atoms with Crippen molar-refractivity contribution in [3.05, 3.63) is 82.8 Å². The van der Waals surface area contributed by atoms with E-state index in [1.54, 1.807) is 21.4 Å². The molecule has 0 atom stereocenters. The topological polar surface area (TPSA) is 90.5 Å². The SMILES string of the molecule is C.CCNCC.Cc1c2c(nn1C)COCCCCn1c(C(=O)O)c(CCCOc3cccc4cc(F)ccc34)c3ccc(F)c-2c31. The van der Waals surface area contributed by atoms with Crippen LogP contribution >= 0.6 is 0 Å². The number of carboxylic acids is 1. The van der Waals surface area contributed by atoms with Crippen LogP contribution < -0.4 is 10.1 Å². The fourth-order valence-corrected chi connectivity index (χ4v) is 6.23. The van der Waals surface area contributed by atoms with Crippen molar-refractivity contribution in [2.45, 2.75) is 67.0 Å². The fraction of sp³-hybridized carbons (Fsp3) is 0.405. The Kier molecular flexibility index (Phi) is 12.1. The summed E-state index contributed by atoms with van der Waals surface area (Å²) in [6.45, 7) is 9.79. The minimum atomic E-state index is -1.05. The molecule has 3 heterocycles. The first-order chi connectivity index (χ1) is 22.3. The molecule has 0 saturated carbocycles. The number of aryl methyl sites for hydroxylation is 3. The van der Waals surface area contributed by atoms with Crippen LogP contribution in [0.15, 0.2) is 48.5 Å². The maximum atomic E-state index is 15.8. The van der Waals surface area contributed by atoms with Crippen LogP contribution in [0.25, 0.3) is 32.8 Å². The Balaban J connectivity index is 0.000000776. The summed E-state index contributed by atoms with van der Waals surface area (Å²) < 4.78 is 44.8. The van der Waals surface area contributed by atoms with Crippen LogP contribution in [-0.4, -0.2) is 51.7 Å². The third-order valence-electron chi connectivity index (χ3n) is 8.43. The van der Waals surface area contributed by atoms with E-state index in [0.29, 0.717) is 78.1 Å². The zero-order chi connectivity index (χ0) is 32.8. The normalized spacial score (nSPS) is 12.9. The Labute approximate surface area is 275 Å². The predicted molar refractivity (Wildman–Crippen MR) is 183 cm³/mol. The van der Waals surface area contributed by atoms with Gasteiger partial charge in [-0.3, -0.25) is 4.68 Å². The smallest absolute Gasteiger partial charge is 0.352 e. The van der Waals surface area contributed by atoms with Gasteiger partial charge in [0.25, 0.3) is 0 Å². The number of ether oxygens (including phenoxy) is 2. The van der Waals surface area contributed by atoms with Gasteiger partial charge in [0.05, 0.1) is 24.4 Å². The maximum absolute atomic E-state index is 15.8. The molecule has 2 aromatic heterocycles. The highest BCUT2D eigenvalue weighted by Crippen LogP contribution is 2.40. The van der Waals surface area contributed by atoms with Crippen LogP contribution in [0.3, 0.4) is 0 Å². The lowest BCUT2D eigenvalue weighted by Gasteiger charge is -2.12. The molecule has 47 heavy (non-hydrogen) atoms. The van der Waals surface area contributed by atoms with Gasteiger partial charge in [-0.25, -0.2) is 13.6 Å². The first kappa shape index (κ1) is 35.6. The molecule has 0 unspecified atom stereocenters. The quantitative estimate of drug-likeness (QED) is 0.166. The standard InChI is InChI=1S/C32H31F2N3O4.C4H11N.CH4/c1-19-28-26(35-36(19)2)18-40-15-4-3-14-37-30-24(12-13-25(34)29(28)30)23(31(37)32(38)39)8-6-16-41-27-9-5-7-20-17-21(33)10-11-22(20)27;1-3-5-4-2;/h5,7,9-13,17H,3-4,6,8,14-16,18H2,1-2H3,(H,38,39);5H,3-4H2,1-2H3;1H4. The van der Waals surface area contributed by atoms with Gasteiger partial charge in [0.15, 0.2) is 0 Å². The number of hydrogen-bond acceptors (Lipinski definition) is 5. The summed E-state index contributed by atoms with van der Waals surface area (Å²) in [5.74, 6) is -1.14. The lowest BCUT2D eigenvalue weighted by molar-refractivity contribution is 0.0683. The first-order valence-electron chi connectivity index (χ1n) is 16.0. The second-order valence-corrected chi connectivity index (χ2v) is 11.4. The molecule has 6 rings (SSSR count). The zero-order valence-corrected chi connectivity index (χ0v) is 27.0. The Morgan fingerprint density at radius 1 is 1.06 bits per heavy atom. The summed E-state index contributed by atoms with van der Waals surface area (Å²) in [6, 6.07) is 13.2. The van der Waals surface area contributed by atoms with Crippen LogP contribution in [0.1, 0.15) is 68.0 Å². The molecule has 8 nitrogen and oxygen atoms in total. The molecule has 0 spiro atoms. The van der Waals surface area contributed by atoms with Crippen molar-refractivity contribution in [2.75, 3.05) is 26.3 Å². The van der Waals surface area contributed by atoms with Gasteiger partial charge in [-0.15, -0.1) is 0 Å². The number of halogens is 2. The van der Waals surface area contributed by atoms with E-state index >= 15 is 4.39 Å². The minimum Gasteiger partial charge on any atom is -0.493 e. The summed E-state index contributed by atoms with van der Waals surface area (Å²) >= 11 is 0. The molecular formula is C37H46F2N4O4. The molecule has 0 saturated heterocycles. The Bertz CT molecular complexity index is 1840. The summed E-state index contributed by atoms with van der Waals surface area (Å²) in [7, 11) is 1.81. The second-order valence-electron chi connectivity index (χ2n) is 11.4. The molecule has 0 bridgehead atoms. The largest absolute Gasteiger partial charge is 0.493 e. The summed E-state index contributed by atoms with van der Waals surface area (Å²) in [5, 5.41) is 20.4. The highest BCUT2D eigenvalue weighted by atomic mass is 19.1. The molecule has 3 aromatic carbocycles. The number of benzene rings is 3. The number of fused-ring (bicyclic) bond motifs is 3. The monoisotopic (exact) mass is 648 g/mol. The van der Waals surface area contributed by atoms with Gasteiger partial charge in [-0.05, 0) is 93.0 Å². The van der Waals surface area contributed by atoms with Crippen molar-refractivity contribution in [1.29, 1.82) is 0 Å². The van der Waals surface area contributed by atoms with Gasteiger partial charge in [-0.2, -0.15) is 5.10 Å². The molecule has 0 fully saturated rings. The number of aromatic carboxylic acids is 1. The molecule has 252 valence electrons. The summed E-state index contributed by atoms with van der Waals surface area (Å²) in [6.07, 6.45) is 2.39. The van der Waals surface area contributed by atoms with Crippen molar-refractivity contribution in [3.8, 4) is 16.9 Å². The maximum Gasteiger partial charge on any atom is 0.352 e. The Hall–Kier alpha value is -4.28. The number of carbonyl (C=O) groups is 1. The predicted octanol–water partition coefficient (Wildman–Crippen LogP) is 8.05. The highest BCUT2D eigenvalue weighted by Gasteiger charge is 2.29. The number of aromatic nitrogens is 3. The molecule has 0 amide bonds. The van der Waals surface area contributed by atoms with E-state index in [1.807, 2.05) is 32.2 Å². The summed E-state index contributed by atoms with van der Waals surface area (Å²) in [4.78, 5) is 12.7. The molecule has 0 radical (unpaired) electrons. The molecular weight excluding hydrogens is 602 g/mol. The molecule has 0 aliphatic carbocycles. The highest BCUT2D eigenvalue weighted by molar-refractivity contribution is 6.04. The molecule has 2 N–H and O–H groups in total. The van der Waals surface area contributed by atoms with Crippen LogP contribution in [0, 0.1) is 18.6 Å². The molecule has 1 aliphatic rings. The average Bonchev–Trinajstić information content (AvgIpc) is 3.48. The van der Waals surface area contributed by atoms with Gasteiger partial charge in [0.1, 0.15) is 23.1 Å². The van der Waals surface area contributed by atoms with E-state index in [0.717, 1.165) is 36.0 Å². The minimum absolute atomic E-state index is 0. The van der Waals surface area contributed by atoms with E-state index in [-0.39, 0.29) is 25.5 Å². The Morgan fingerprint density at radius 3 is 2.55 bits per heavy atom. The fourth-order valence-electron chi connectivity index (χ4n) is 6.23. The van der Waals surface area contributed by atoms with Crippen molar-refractivity contribution < 1.29 is 28.2 Å². The number of nitrogens with one attached hydrogen (secondary N) is 1. The van der Waals surface area contributed by atoms with Crippen LogP contribution in [0.4, 0.5) is 8.78 Å².